The van der Waals surface area contributed by atoms with Gasteiger partial charge in [0.15, 0.2) is 6.29 Å². The number of aromatic nitrogens is 2. The van der Waals surface area contributed by atoms with E-state index < -0.39 is 12.4 Å². The lowest BCUT2D eigenvalue weighted by atomic mass is 10.1. The molecule has 1 aliphatic heterocycles. The summed E-state index contributed by atoms with van der Waals surface area (Å²) in [5.41, 5.74) is 2.23. The SMILES string of the molecule is Cc1c(NC(=O)[C@H]2CCO[C@@H](c3ccccc3)O2)c(=O)n(-c2ccccc2)n1C. The zero-order chi connectivity index (χ0) is 20.4. The summed E-state index contributed by atoms with van der Waals surface area (Å²) in [5.74, 6) is -0.347. The fourth-order valence-corrected chi connectivity index (χ4v) is 3.43. The largest absolute Gasteiger partial charge is 0.348 e. The predicted octanol–water partition coefficient (Wildman–Crippen LogP) is 2.93. The summed E-state index contributed by atoms with van der Waals surface area (Å²) in [6.07, 6.45) is -0.870. The molecule has 1 N–H and O–H groups in total. The second-order valence-corrected chi connectivity index (χ2v) is 6.95. The van der Waals surface area contributed by atoms with Crippen LogP contribution in [0.2, 0.25) is 0 Å². The van der Waals surface area contributed by atoms with Crippen LogP contribution in [0.15, 0.2) is 65.5 Å². The van der Waals surface area contributed by atoms with E-state index in [2.05, 4.69) is 5.32 Å². The van der Waals surface area contributed by atoms with Gasteiger partial charge in [0.25, 0.3) is 11.5 Å². The minimum atomic E-state index is -0.696. The maximum Gasteiger partial charge on any atom is 0.295 e. The zero-order valence-electron chi connectivity index (χ0n) is 16.4. The van der Waals surface area contributed by atoms with Gasteiger partial charge in [-0.1, -0.05) is 48.5 Å². The van der Waals surface area contributed by atoms with Gasteiger partial charge in [-0.05, 0) is 19.1 Å². The number of nitrogens with one attached hydrogen (secondary N) is 1. The number of nitrogens with zero attached hydrogens (tertiary/aromatic N) is 2. The molecule has 0 saturated carbocycles. The van der Waals surface area contributed by atoms with Crippen LogP contribution in [-0.4, -0.2) is 28.0 Å². The molecule has 0 spiro atoms. The van der Waals surface area contributed by atoms with E-state index in [1.165, 1.54) is 4.68 Å². The van der Waals surface area contributed by atoms with Gasteiger partial charge in [0.2, 0.25) is 0 Å². The molecule has 3 aromatic rings. The normalized spacial score (nSPS) is 19.1. The molecule has 1 fully saturated rings. The number of rotatable bonds is 4. The van der Waals surface area contributed by atoms with Gasteiger partial charge in [-0.2, -0.15) is 0 Å². The predicted molar refractivity (Wildman–Crippen MR) is 109 cm³/mol. The Morgan fingerprint density at radius 2 is 1.72 bits per heavy atom. The molecule has 0 aliphatic carbocycles. The van der Waals surface area contributed by atoms with Gasteiger partial charge < -0.3 is 14.8 Å². The van der Waals surface area contributed by atoms with Crippen LogP contribution >= 0.6 is 0 Å². The van der Waals surface area contributed by atoms with Crippen molar-refractivity contribution in [3.63, 3.8) is 0 Å². The van der Waals surface area contributed by atoms with Crippen molar-refractivity contribution in [2.45, 2.75) is 25.7 Å². The minimum absolute atomic E-state index is 0.257. The molecule has 7 nitrogen and oxygen atoms in total. The van der Waals surface area contributed by atoms with Crippen molar-refractivity contribution in [2.24, 2.45) is 7.05 Å². The topological polar surface area (TPSA) is 74.5 Å². The number of para-hydroxylation sites is 1. The van der Waals surface area contributed by atoms with Gasteiger partial charge in [-0.15, -0.1) is 0 Å². The third kappa shape index (κ3) is 3.74. The molecule has 0 bridgehead atoms. The molecule has 2 heterocycles. The molecule has 2 atom stereocenters. The number of carbonyl (C=O) groups excluding carboxylic acids is 1. The molecular formula is C22H23N3O4. The smallest absolute Gasteiger partial charge is 0.295 e. The molecule has 0 radical (unpaired) electrons. The Morgan fingerprint density at radius 1 is 1.07 bits per heavy atom. The monoisotopic (exact) mass is 393 g/mol. The van der Waals surface area contributed by atoms with E-state index in [9.17, 15) is 9.59 Å². The maximum atomic E-state index is 13.0. The molecule has 7 heteroatoms. The van der Waals surface area contributed by atoms with Crippen molar-refractivity contribution < 1.29 is 14.3 Å². The maximum absolute atomic E-state index is 13.0. The van der Waals surface area contributed by atoms with Crippen LogP contribution in [0.25, 0.3) is 5.69 Å². The van der Waals surface area contributed by atoms with Crippen molar-refractivity contribution in [3.8, 4) is 5.69 Å². The summed E-state index contributed by atoms with van der Waals surface area (Å²) in [6.45, 7) is 2.20. The summed E-state index contributed by atoms with van der Waals surface area (Å²) in [7, 11) is 1.79. The fraction of sp³-hybridized carbons (Fsp3) is 0.273. The highest BCUT2D eigenvalue weighted by atomic mass is 16.7. The minimum Gasteiger partial charge on any atom is -0.348 e. The van der Waals surface area contributed by atoms with Crippen LogP contribution in [-0.2, 0) is 21.3 Å². The lowest BCUT2D eigenvalue weighted by molar-refractivity contribution is -0.214. The average molecular weight is 393 g/mol. The van der Waals surface area contributed by atoms with Crippen LogP contribution in [0, 0.1) is 6.92 Å². The lowest BCUT2D eigenvalue weighted by Crippen LogP contribution is -2.38. The Balaban J connectivity index is 1.55. The fourth-order valence-electron chi connectivity index (χ4n) is 3.43. The molecule has 1 amide bonds. The molecule has 1 aromatic heterocycles. The number of ether oxygens (including phenoxy) is 2. The van der Waals surface area contributed by atoms with E-state index >= 15 is 0 Å². The van der Waals surface area contributed by atoms with Crippen LogP contribution in [0.1, 0.15) is 24.0 Å². The lowest BCUT2D eigenvalue weighted by Gasteiger charge is -2.29. The van der Waals surface area contributed by atoms with E-state index in [1.807, 2.05) is 60.7 Å². The van der Waals surface area contributed by atoms with Crippen molar-refractivity contribution >= 4 is 11.6 Å². The van der Waals surface area contributed by atoms with Crippen LogP contribution < -0.4 is 10.9 Å². The molecule has 2 aromatic carbocycles. The van der Waals surface area contributed by atoms with Crippen molar-refractivity contribution in [1.29, 1.82) is 0 Å². The number of hydrogen-bond donors (Lipinski definition) is 1. The number of hydrogen-bond acceptors (Lipinski definition) is 4. The van der Waals surface area contributed by atoms with E-state index in [0.717, 1.165) is 11.3 Å². The van der Waals surface area contributed by atoms with Gasteiger partial charge in [-0.3, -0.25) is 14.3 Å². The van der Waals surface area contributed by atoms with Crippen LogP contribution in [0.3, 0.4) is 0 Å². The van der Waals surface area contributed by atoms with E-state index in [-0.39, 0.29) is 17.2 Å². The summed E-state index contributed by atoms with van der Waals surface area (Å²) >= 11 is 0. The van der Waals surface area contributed by atoms with Gasteiger partial charge in [0.1, 0.15) is 11.8 Å². The van der Waals surface area contributed by atoms with Crippen molar-refractivity contribution in [3.05, 3.63) is 82.3 Å². The van der Waals surface area contributed by atoms with Gasteiger partial charge in [0, 0.05) is 19.0 Å². The highest BCUT2D eigenvalue weighted by Gasteiger charge is 2.30. The van der Waals surface area contributed by atoms with Crippen LogP contribution in [0.5, 0.6) is 0 Å². The third-order valence-electron chi connectivity index (χ3n) is 5.10. The molecule has 1 saturated heterocycles. The van der Waals surface area contributed by atoms with E-state index in [0.29, 0.717) is 18.7 Å². The van der Waals surface area contributed by atoms with Crippen LogP contribution in [0.4, 0.5) is 5.69 Å². The second kappa shape index (κ2) is 8.06. The van der Waals surface area contributed by atoms with Crippen molar-refractivity contribution in [2.75, 3.05) is 11.9 Å². The Kier molecular flexibility index (Phi) is 5.33. The van der Waals surface area contributed by atoms with Gasteiger partial charge in [-0.25, -0.2) is 4.68 Å². The quantitative estimate of drug-likeness (QED) is 0.740. The van der Waals surface area contributed by atoms with E-state index in [1.54, 1.807) is 18.7 Å². The molecule has 1 aliphatic rings. The van der Waals surface area contributed by atoms with Crippen molar-refractivity contribution in [1.82, 2.24) is 9.36 Å². The first-order valence-electron chi connectivity index (χ1n) is 9.53. The number of carbonyl (C=O) groups is 1. The Hall–Kier alpha value is -3.16. The highest BCUT2D eigenvalue weighted by molar-refractivity contribution is 5.94. The first kappa shape index (κ1) is 19.2. The third-order valence-corrected chi connectivity index (χ3v) is 5.10. The average Bonchev–Trinajstić information content (AvgIpc) is 2.98. The molecule has 4 rings (SSSR count). The first-order valence-corrected chi connectivity index (χ1v) is 9.53. The second-order valence-electron chi connectivity index (χ2n) is 6.95. The van der Waals surface area contributed by atoms with Gasteiger partial charge in [0.05, 0.1) is 18.0 Å². The Bertz CT molecular complexity index is 1060. The summed E-state index contributed by atoms with van der Waals surface area (Å²) in [5, 5.41) is 2.78. The molecule has 150 valence electrons. The number of benzene rings is 2. The van der Waals surface area contributed by atoms with Gasteiger partial charge >= 0.3 is 0 Å². The standard InChI is InChI=1S/C22H23N3O4/c1-15-19(21(27)25(24(15)2)17-11-7-4-8-12-17)23-20(26)18-13-14-28-22(29-18)16-9-5-3-6-10-16/h3-12,18,22H,13-14H2,1-2H3,(H,23,26)/t18-,22-/m1/s1. The molecule has 0 unspecified atom stereocenters. The number of amides is 1. The zero-order valence-corrected chi connectivity index (χ0v) is 16.4. The molecule has 29 heavy (non-hydrogen) atoms. The highest BCUT2D eigenvalue weighted by Crippen LogP contribution is 2.27. The Morgan fingerprint density at radius 3 is 2.41 bits per heavy atom. The number of anilines is 1. The summed E-state index contributed by atoms with van der Waals surface area (Å²) in [4.78, 5) is 25.8. The summed E-state index contributed by atoms with van der Waals surface area (Å²) in [6, 6.07) is 18.8. The Labute approximate surface area is 168 Å². The molecular weight excluding hydrogens is 370 g/mol. The first-order chi connectivity index (χ1) is 14.1. The van der Waals surface area contributed by atoms with E-state index in [4.69, 9.17) is 9.47 Å². The summed E-state index contributed by atoms with van der Waals surface area (Å²) < 4.78 is 14.8.